The minimum Gasteiger partial charge on any atom is -0.461 e. The van der Waals surface area contributed by atoms with E-state index < -0.39 is 0 Å². The second-order valence-corrected chi connectivity index (χ2v) is 3.99. The van der Waals surface area contributed by atoms with Crippen LogP contribution in [-0.4, -0.2) is 55.2 Å². The number of furan rings is 1. The average molecular weight is 238 g/mol. The van der Waals surface area contributed by atoms with Gasteiger partial charge in [-0.3, -0.25) is 14.5 Å². The van der Waals surface area contributed by atoms with Gasteiger partial charge in [-0.05, 0) is 18.7 Å². The molecule has 0 radical (unpaired) electrons. The van der Waals surface area contributed by atoms with Crippen molar-refractivity contribution in [3.05, 3.63) is 24.2 Å². The third kappa shape index (κ3) is 4.03. The van der Waals surface area contributed by atoms with Crippen LogP contribution in [-0.2, 0) is 4.79 Å². The Hall–Kier alpha value is -1.62. The largest absolute Gasteiger partial charge is 0.461 e. The minimum absolute atomic E-state index is 0.0147. The summed E-state index contributed by atoms with van der Waals surface area (Å²) in [6.45, 7) is 3.00. The van der Waals surface area contributed by atoms with Gasteiger partial charge in [-0.15, -0.1) is 0 Å². The van der Waals surface area contributed by atoms with Crippen LogP contribution < -0.4 is 0 Å². The van der Waals surface area contributed by atoms with Crippen LogP contribution in [0.15, 0.2) is 22.8 Å². The Morgan fingerprint density at radius 1 is 1.29 bits per heavy atom. The molecule has 1 rings (SSSR count). The summed E-state index contributed by atoms with van der Waals surface area (Å²) in [6, 6.07) is 3.30. The van der Waals surface area contributed by atoms with Crippen molar-refractivity contribution in [3.63, 3.8) is 0 Å². The van der Waals surface area contributed by atoms with Crippen molar-refractivity contribution in [1.29, 1.82) is 0 Å². The molecule has 0 bridgehead atoms. The zero-order valence-electron chi connectivity index (χ0n) is 10.5. The number of carbonyl (C=O) groups is 2. The van der Waals surface area contributed by atoms with Crippen molar-refractivity contribution in [1.82, 2.24) is 9.80 Å². The second kappa shape index (κ2) is 6.20. The molecular weight excluding hydrogens is 220 g/mol. The second-order valence-electron chi connectivity index (χ2n) is 3.99. The van der Waals surface area contributed by atoms with Gasteiger partial charge in [0.25, 0.3) is 0 Å². The molecule has 1 aromatic heterocycles. The zero-order chi connectivity index (χ0) is 12.8. The lowest BCUT2D eigenvalue weighted by atomic mass is 10.3. The smallest absolute Gasteiger partial charge is 0.236 e. The maximum atomic E-state index is 11.8. The SMILES string of the molecule is CCN(CC(=O)c1ccco1)CC(=O)N(C)C. The topological polar surface area (TPSA) is 53.8 Å². The summed E-state index contributed by atoms with van der Waals surface area (Å²) in [4.78, 5) is 26.6. The molecule has 0 fully saturated rings. The molecule has 1 amide bonds. The summed E-state index contributed by atoms with van der Waals surface area (Å²) >= 11 is 0. The molecule has 0 spiro atoms. The maximum Gasteiger partial charge on any atom is 0.236 e. The molecule has 0 saturated carbocycles. The van der Waals surface area contributed by atoms with Crippen LogP contribution in [0, 0.1) is 0 Å². The molecular formula is C12H18N2O3. The molecule has 0 unspecified atom stereocenters. The van der Waals surface area contributed by atoms with Gasteiger partial charge in [0.1, 0.15) is 0 Å². The van der Waals surface area contributed by atoms with Crippen molar-refractivity contribution >= 4 is 11.7 Å². The number of Topliss-reactive ketones (excluding diaryl/α,β-unsaturated/α-hetero) is 1. The first-order valence-electron chi connectivity index (χ1n) is 5.53. The Morgan fingerprint density at radius 2 is 2.00 bits per heavy atom. The Morgan fingerprint density at radius 3 is 2.47 bits per heavy atom. The van der Waals surface area contributed by atoms with E-state index in [0.29, 0.717) is 12.3 Å². The molecule has 0 saturated heterocycles. The highest BCUT2D eigenvalue weighted by molar-refractivity contribution is 5.95. The van der Waals surface area contributed by atoms with Gasteiger partial charge in [-0.2, -0.15) is 0 Å². The Kier molecular flexibility index (Phi) is 4.90. The van der Waals surface area contributed by atoms with Crippen LogP contribution in [0.4, 0.5) is 0 Å². The van der Waals surface area contributed by atoms with E-state index in [1.54, 1.807) is 31.1 Å². The van der Waals surface area contributed by atoms with Crippen molar-refractivity contribution < 1.29 is 14.0 Å². The van der Waals surface area contributed by atoms with Gasteiger partial charge in [0.2, 0.25) is 11.7 Å². The molecule has 0 atom stereocenters. The van der Waals surface area contributed by atoms with Crippen LogP contribution in [0.2, 0.25) is 0 Å². The third-order valence-electron chi connectivity index (χ3n) is 2.47. The summed E-state index contributed by atoms with van der Waals surface area (Å²) in [5.41, 5.74) is 0. The maximum absolute atomic E-state index is 11.8. The summed E-state index contributed by atoms with van der Waals surface area (Å²) < 4.78 is 5.02. The molecule has 0 aliphatic rings. The number of amides is 1. The predicted octanol–water partition coefficient (Wildman–Crippen LogP) is 0.872. The van der Waals surface area contributed by atoms with Crippen LogP contribution in [0.1, 0.15) is 17.5 Å². The molecule has 0 aliphatic heterocycles. The van der Waals surface area contributed by atoms with Crippen LogP contribution in [0.25, 0.3) is 0 Å². The average Bonchev–Trinajstić information content (AvgIpc) is 2.81. The van der Waals surface area contributed by atoms with Crippen molar-refractivity contribution in [2.24, 2.45) is 0 Å². The Balaban J connectivity index is 2.53. The summed E-state index contributed by atoms with van der Waals surface area (Å²) in [5.74, 6) is 0.211. The van der Waals surface area contributed by atoms with E-state index in [1.165, 1.54) is 11.2 Å². The van der Waals surface area contributed by atoms with E-state index in [9.17, 15) is 9.59 Å². The number of nitrogens with zero attached hydrogens (tertiary/aromatic N) is 2. The quantitative estimate of drug-likeness (QED) is 0.690. The monoisotopic (exact) mass is 238 g/mol. The summed E-state index contributed by atoms with van der Waals surface area (Å²) in [6.07, 6.45) is 1.47. The summed E-state index contributed by atoms with van der Waals surface area (Å²) in [5, 5.41) is 0. The zero-order valence-corrected chi connectivity index (χ0v) is 10.5. The fourth-order valence-electron chi connectivity index (χ4n) is 1.33. The highest BCUT2D eigenvalue weighted by Gasteiger charge is 2.16. The molecule has 1 aromatic rings. The fourth-order valence-corrected chi connectivity index (χ4v) is 1.33. The van der Waals surface area contributed by atoms with E-state index in [0.717, 1.165) is 0 Å². The third-order valence-corrected chi connectivity index (χ3v) is 2.47. The van der Waals surface area contributed by atoms with E-state index >= 15 is 0 Å². The lowest BCUT2D eigenvalue weighted by molar-refractivity contribution is -0.129. The highest BCUT2D eigenvalue weighted by Crippen LogP contribution is 2.03. The number of hydrogen-bond donors (Lipinski definition) is 0. The van der Waals surface area contributed by atoms with Gasteiger partial charge in [0.15, 0.2) is 5.76 Å². The molecule has 17 heavy (non-hydrogen) atoms. The van der Waals surface area contributed by atoms with Crippen LogP contribution >= 0.6 is 0 Å². The lowest BCUT2D eigenvalue weighted by Gasteiger charge is -2.20. The van der Waals surface area contributed by atoms with Crippen LogP contribution in [0.3, 0.4) is 0 Å². The van der Waals surface area contributed by atoms with Crippen molar-refractivity contribution in [3.8, 4) is 0 Å². The van der Waals surface area contributed by atoms with E-state index in [2.05, 4.69) is 0 Å². The molecule has 94 valence electrons. The van der Waals surface area contributed by atoms with Gasteiger partial charge in [-0.1, -0.05) is 6.92 Å². The van der Waals surface area contributed by atoms with E-state index in [4.69, 9.17) is 4.42 Å². The predicted molar refractivity (Wildman–Crippen MR) is 63.8 cm³/mol. The van der Waals surface area contributed by atoms with Crippen molar-refractivity contribution in [2.45, 2.75) is 6.92 Å². The van der Waals surface area contributed by atoms with E-state index in [-0.39, 0.29) is 24.8 Å². The molecule has 0 N–H and O–H groups in total. The molecule has 0 aliphatic carbocycles. The standard InChI is InChI=1S/C12H18N2O3/c1-4-14(9-12(16)13(2)3)8-10(15)11-6-5-7-17-11/h5-7H,4,8-9H2,1-3H3. The van der Waals surface area contributed by atoms with Gasteiger partial charge >= 0.3 is 0 Å². The molecule has 1 heterocycles. The highest BCUT2D eigenvalue weighted by atomic mass is 16.3. The van der Waals surface area contributed by atoms with Gasteiger partial charge in [-0.25, -0.2) is 0 Å². The molecule has 5 heteroatoms. The normalized spacial score (nSPS) is 10.6. The van der Waals surface area contributed by atoms with E-state index in [1.807, 2.05) is 6.92 Å². The number of hydrogen-bond acceptors (Lipinski definition) is 4. The Bertz CT molecular complexity index is 371. The fraction of sp³-hybridized carbons (Fsp3) is 0.500. The van der Waals surface area contributed by atoms with Gasteiger partial charge in [0.05, 0.1) is 19.4 Å². The first kappa shape index (κ1) is 13.4. The van der Waals surface area contributed by atoms with Crippen LogP contribution in [0.5, 0.6) is 0 Å². The molecule has 0 aromatic carbocycles. The number of rotatable bonds is 6. The summed E-state index contributed by atoms with van der Waals surface area (Å²) in [7, 11) is 3.40. The van der Waals surface area contributed by atoms with Crippen molar-refractivity contribution in [2.75, 3.05) is 33.7 Å². The number of likely N-dealkylation sites (N-methyl/N-ethyl adjacent to an activating group) is 2. The number of ketones is 1. The lowest BCUT2D eigenvalue weighted by Crippen LogP contribution is -2.39. The first-order valence-corrected chi connectivity index (χ1v) is 5.53. The Labute approximate surface area is 101 Å². The molecule has 5 nitrogen and oxygen atoms in total. The first-order chi connectivity index (χ1) is 8.04. The number of carbonyl (C=O) groups excluding carboxylic acids is 2. The van der Waals surface area contributed by atoms with Gasteiger partial charge < -0.3 is 9.32 Å². The van der Waals surface area contributed by atoms with Gasteiger partial charge in [0, 0.05) is 14.1 Å². The minimum atomic E-state index is -0.108.